The van der Waals surface area contributed by atoms with E-state index in [9.17, 15) is 5.11 Å². The third-order valence-electron chi connectivity index (χ3n) is 3.45. The maximum Gasteiger partial charge on any atom is 0.0925 e. The molecule has 0 spiro atoms. The quantitative estimate of drug-likeness (QED) is 0.681. The number of H-pyrrole nitrogens is 1. The first-order valence-corrected chi connectivity index (χ1v) is 6.17. The second-order valence-corrected chi connectivity index (χ2v) is 4.67. The van der Waals surface area contributed by atoms with Crippen molar-refractivity contribution in [1.29, 1.82) is 0 Å². The van der Waals surface area contributed by atoms with Crippen molar-refractivity contribution in [1.82, 2.24) is 15.3 Å². The van der Waals surface area contributed by atoms with Crippen molar-refractivity contribution < 1.29 is 5.11 Å². The molecule has 0 saturated heterocycles. The summed E-state index contributed by atoms with van der Waals surface area (Å²) in [5.74, 6) is 0. The van der Waals surface area contributed by atoms with E-state index in [0.29, 0.717) is 0 Å². The van der Waals surface area contributed by atoms with Crippen LogP contribution in [0.2, 0.25) is 0 Å². The van der Waals surface area contributed by atoms with Crippen molar-refractivity contribution in [3.05, 3.63) is 17.7 Å². The summed E-state index contributed by atoms with van der Waals surface area (Å²) in [6.45, 7) is 2.77. The van der Waals surface area contributed by atoms with Crippen LogP contribution in [0, 0.1) is 6.92 Å². The van der Waals surface area contributed by atoms with Gasteiger partial charge in [0.1, 0.15) is 0 Å². The molecular weight excluding hydrogens is 202 g/mol. The van der Waals surface area contributed by atoms with Crippen LogP contribution in [0.5, 0.6) is 0 Å². The van der Waals surface area contributed by atoms with E-state index in [0.717, 1.165) is 37.2 Å². The Morgan fingerprint density at radius 1 is 1.44 bits per heavy atom. The van der Waals surface area contributed by atoms with Crippen molar-refractivity contribution in [3.8, 4) is 0 Å². The summed E-state index contributed by atoms with van der Waals surface area (Å²) in [6, 6.07) is 0.235. The summed E-state index contributed by atoms with van der Waals surface area (Å²) in [5, 5.41) is 13.4. The zero-order valence-electron chi connectivity index (χ0n) is 9.87. The molecule has 1 aliphatic rings. The SMILES string of the molecule is Cc1[nH]cnc1CNC1CCCCCC1O. The van der Waals surface area contributed by atoms with Gasteiger partial charge in [-0.1, -0.05) is 19.3 Å². The van der Waals surface area contributed by atoms with Crippen molar-refractivity contribution in [3.63, 3.8) is 0 Å². The van der Waals surface area contributed by atoms with Crippen LogP contribution >= 0.6 is 0 Å². The first-order chi connectivity index (χ1) is 7.77. The Bertz CT molecular complexity index is 324. The van der Waals surface area contributed by atoms with Gasteiger partial charge in [0.25, 0.3) is 0 Å². The first kappa shape index (κ1) is 11.6. The van der Waals surface area contributed by atoms with E-state index in [1.165, 1.54) is 12.8 Å². The average Bonchev–Trinajstić information content (AvgIpc) is 2.56. The molecule has 0 bridgehead atoms. The van der Waals surface area contributed by atoms with Crippen molar-refractivity contribution in [2.24, 2.45) is 0 Å². The molecule has 4 heteroatoms. The van der Waals surface area contributed by atoms with Gasteiger partial charge in [0.05, 0.1) is 18.1 Å². The smallest absolute Gasteiger partial charge is 0.0925 e. The summed E-state index contributed by atoms with van der Waals surface area (Å²) in [4.78, 5) is 7.32. The van der Waals surface area contributed by atoms with Crippen molar-refractivity contribution in [2.75, 3.05) is 0 Å². The van der Waals surface area contributed by atoms with Gasteiger partial charge in [-0.3, -0.25) is 0 Å². The molecule has 4 nitrogen and oxygen atoms in total. The van der Waals surface area contributed by atoms with Gasteiger partial charge in [-0.2, -0.15) is 0 Å². The monoisotopic (exact) mass is 223 g/mol. The fourth-order valence-electron chi connectivity index (χ4n) is 2.32. The highest BCUT2D eigenvalue weighted by Crippen LogP contribution is 2.18. The first-order valence-electron chi connectivity index (χ1n) is 6.17. The van der Waals surface area contributed by atoms with Crippen LogP contribution in [-0.4, -0.2) is 27.2 Å². The maximum atomic E-state index is 9.96. The molecule has 0 aliphatic heterocycles. The third kappa shape index (κ3) is 2.83. The molecule has 1 aromatic rings. The van der Waals surface area contributed by atoms with Crippen LogP contribution in [0.25, 0.3) is 0 Å². The number of aromatic nitrogens is 2. The minimum Gasteiger partial charge on any atom is -0.392 e. The van der Waals surface area contributed by atoms with E-state index >= 15 is 0 Å². The topological polar surface area (TPSA) is 60.9 Å². The summed E-state index contributed by atoms with van der Waals surface area (Å²) in [5.41, 5.74) is 2.16. The third-order valence-corrected chi connectivity index (χ3v) is 3.45. The molecule has 2 unspecified atom stereocenters. The van der Waals surface area contributed by atoms with Gasteiger partial charge in [-0.15, -0.1) is 0 Å². The summed E-state index contributed by atoms with van der Waals surface area (Å²) < 4.78 is 0. The molecule has 16 heavy (non-hydrogen) atoms. The van der Waals surface area contributed by atoms with Crippen LogP contribution in [0.4, 0.5) is 0 Å². The van der Waals surface area contributed by atoms with Crippen LogP contribution in [0.3, 0.4) is 0 Å². The van der Waals surface area contributed by atoms with E-state index in [-0.39, 0.29) is 12.1 Å². The second-order valence-electron chi connectivity index (χ2n) is 4.67. The zero-order chi connectivity index (χ0) is 11.4. The Labute approximate surface area is 96.5 Å². The minimum atomic E-state index is -0.193. The fraction of sp³-hybridized carbons (Fsp3) is 0.750. The van der Waals surface area contributed by atoms with Gasteiger partial charge in [-0.05, 0) is 19.8 Å². The summed E-state index contributed by atoms with van der Waals surface area (Å²) in [7, 11) is 0. The number of aliphatic hydroxyl groups excluding tert-OH is 1. The van der Waals surface area contributed by atoms with Gasteiger partial charge in [-0.25, -0.2) is 4.98 Å². The predicted octanol–water partition coefficient (Wildman–Crippen LogP) is 1.50. The molecule has 1 saturated carbocycles. The number of aromatic amines is 1. The molecule has 0 radical (unpaired) electrons. The van der Waals surface area contributed by atoms with E-state index in [1.807, 2.05) is 6.92 Å². The molecular formula is C12H21N3O. The molecule has 0 amide bonds. The standard InChI is InChI=1S/C12H21N3O/c1-9-11(15-8-14-9)7-13-10-5-3-2-4-6-12(10)16/h8,10,12-13,16H,2-7H2,1H3,(H,14,15). The summed E-state index contributed by atoms with van der Waals surface area (Å²) in [6.07, 6.45) is 7.14. The lowest BCUT2D eigenvalue weighted by molar-refractivity contribution is 0.119. The maximum absolute atomic E-state index is 9.96. The van der Waals surface area contributed by atoms with E-state index < -0.39 is 0 Å². The van der Waals surface area contributed by atoms with E-state index in [4.69, 9.17) is 0 Å². The molecule has 1 aliphatic carbocycles. The number of aliphatic hydroxyl groups is 1. The second kappa shape index (κ2) is 5.46. The molecule has 1 heterocycles. The Kier molecular flexibility index (Phi) is 3.96. The Morgan fingerprint density at radius 3 is 3.00 bits per heavy atom. The largest absolute Gasteiger partial charge is 0.392 e. The van der Waals surface area contributed by atoms with Crippen LogP contribution in [0.1, 0.15) is 43.5 Å². The number of hydrogen-bond acceptors (Lipinski definition) is 3. The number of hydrogen-bond donors (Lipinski definition) is 3. The van der Waals surface area contributed by atoms with Crippen LogP contribution < -0.4 is 5.32 Å². The van der Waals surface area contributed by atoms with Crippen LogP contribution in [-0.2, 0) is 6.54 Å². The zero-order valence-corrected chi connectivity index (χ0v) is 9.87. The number of imidazole rings is 1. The fourth-order valence-corrected chi connectivity index (χ4v) is 2.32. The lowest BCUT2D eigenvalue weighted by Crippen LogP contribution is -2.38. The van der Waals surface area contributed by atoms with Crippen molar-refractivity contribution >= 4 is 0 Å². The lowest BCUT2D eigenvalue weighted by atomic mass is 10.1. The highest BCUT2D eigenvalue weighted by Gasteiger charge is 2.21. The van der Waals surface area contributed by atoms with Gasteiger partial charge in [0, 0.05) is 18.3 Å². The molecule has 1 fully saturated rings. The molecule has 1 aromatic heterocycles. The number of nitrogens with zero attached hydrogens (tertiary/aromatic N) is 1. The van der Waals surface area contributed by atoms with Crippen LogP contribution in [0.15, 0.2) is 6.33 Å². The Morgan fingerprint density at radius 2 is 2.25 bits per heavy atom. The molecule has 2 rings (SSSR count). The van der Waals surface area contributed by atoms with Gasteiger partial charge in [0.2, 0.25) is 0 Å². The highest BCUT2D eigenvalue weighted by atomic mass is 16.3. The van der Waals surface area contributed by atoms with Gasteiger partial charge < -0.3 is 15.4 Å². The molecule has 90 valence electrons. The molecule has 0 aromatic carbocycles. The van der Waals surface area contributed by atoms with Gasteiger partial charge >= 0.3 is 0 Å². The van der Waals surface area contributed by atoms with E-state index in [2.05, 4.69) is 15.3 Å². The minimum absolute atomic E-state index is 0.193. The Hall–Kier alpha value is -0.870. The number of aryl methyl sites for hydroxylation is 1. The predicted molar refractivity (Wildman–Crippen MR) is 63.0 cm³/mol. The number of nitrogens with one attached hydrogen (secondary N) is 2. The lowest BCUT2D eigenvalue weighted by Gasteiger charge is -2.21. The van der Waals surface area contributed by atoms with Gasteiger partial charge in [0.15, 0.2) is 0 Å². The normalized spacial score (nSPS) is 26.6. The molecule has 2 atom stereocenters. The highest BCUT2D eigenvalue weighted by molar-refractivity contribution is 5.08. The average molecular weight is 223 g/mol. The summed E-state index contributed by atoms with van der Waals surface area (Å²) >= 11 is 0. The molecule has 3 N–H and O–H groups in total. The van der Waals surface area contributed by atoms with Crippen molar-refractivity contribution in [2.45, 2.75) is 57.7 Å². The van der Waals surface area contributed by atoms with E-state index in [1.54, 1.807) is 6.33 Å². The Balaban J connectivity index is 1.86. The number of rotatable bonds is 3.